The van der Waals surface area contributed by atoms with Crippen LogP contribution in [-0.4, -0.2) is 15.7 Å². The minimum absolute atomic E-state index is 0.190. The van der Waals surface area contributed by atoms with Gasteiger partial charge in [0.25, 0.3) is 5.91 Å². The van der Waals surface area contributed by atoms with E-state index in [1.165, 1.54) is 0 Å². The van der Waals surface area contributed by atoms with Gasteiger partial charge in [-0.3, -0.25) is 9.48 Å². The van der Waals surface area contributed by atoms with Crippen molar-refractivity contribution in [3.05, 3.63) is 64.1 Å². The summed E-state index contributed by atoms with van der Waals surface area (Å²) in [4.78, 5) is 13.3. The molecule has 1 aromatic carbocycles. The zero-order valence-corrected chi connectivity index (χ0v) is 13.5. The largest absolute Gasteiger partial charge is 0.346 e. The molecule has 4 nitrogen and oxygen atoms in total. The molecule has 2 heterocycles. The Balaban J connectivity index is 1.72. The number of hydrogen-bond acceptors (Lipinski definition) is 3. The zero-order chi connectivity index (χ0) is 15.5. The van der Waals surface area contributed by atoms with Crippen LogP contribution < -0.4 is 5.32 Å². The summed E-state index contributed by atoms with van der Waals surface area (Å²) in [6, 6.07) is 13.0. The third kappa shape index (κ3) is 3.05. The third-order valence-electron chi connectivity index (χ3n) is 3.30. The molecule has 0 saturated heterocycles. The fraction of sp³-hybridized carbons (Fsp3) is 0.125. The molecule has 0 bridgehead atoms. The lowest BCUT2D eigenvalue weighted by Crippen LogP contribution is -2.24. The summed E-state index contributed by atoms with van der Waals surface area (Å²) < 4.78 is 1.78. The number of nitrogens with zero attached hydrogens (tertiary/aromatic N) is 2. The van der Waals surface area contributed by atoms with Crippen molar-refractivity contribution in [3.8, 4) is 10.6 Å². The van der Waals surface area contributed by atoms with E-state index in [0.717, 1.165) is 16.3 Å². The first-order valence-corrected chi connectivity index (χ1v) is 8.00. The molecule has 3 aromatic rings. The van der Waals surface area contributed by atoms with Gasteiger partial charge >= 0.3 is 0 Å². The van der Waals surface area contributed by atoms with Crippen LogP contribution in [-0.2, 0) is 13.6 Å². The Kier molecular flexibility index (Phi) is 4.27. The number of thiophene rings is 1. The summed E-state index contributed by atoms with van der Waals surface area (Å²) in [5.41, 5.74) is 2.33. The maximum absolute atomic E-state index is 12.2. The molecule has 3 rings (SSSR count). The second-order valence-corrected chi connectivity index (χ2v) is 6.14. The predicted molar refractivity (Wildman–Crippen MR) is 89.1 cm³/mol. The van der Waals surface area contributed by atoms with Crippen LogP contribution in [0.25, 0.3) is 10.6 Å². The van der Waals surface area contributed by atoms with Crippen molar-refractivity contribution in [1.82, 2.24) is 15.1 Å². The molecule has 0 spiro atoms. The molecule has 0 unspecified atom stereocenters. The number of amides is 1. The first-order chi connectivity index (χ1) is 10.6. The quantitative estimate of drug-likeness (QED) is 0.791. The van der Waals surface area contributed by atoms with E-state index in [9.17, 15) is 4.79 Å². The van der Waals surface area contributed by atoms with E-state index in [2.05, 4.69) is 10.4 Å². The highest BCUT2D eigenvalue weighted by Gasteiger charge is 2.12. The maximum Gasteiger partial charge on any atom is 0.253 e. The van der Waals surface area contributed by atoms with E-state index in [1.807, 2.05) is 30.6 Å². The van der Waals surface area contributed by atoms with Crippen LogP contribution in [0.2, 0.25) is 5.02 Å². The van der Waals surface area contributed by atoms with Crippen molar-refractivity contribution in [2.45, 2.75) is 6.54 Å². The lowest BCUT2D eigenvalue weighted by Gasteiger charge is -2.06. The highest BCUT2D eigenvalue weighted by atomic mass is 35.5. The van der Waals surface area contributed by atoms with Gasteiger partial charge in [-0.15, -0.1) is 11.3 Å². The van der Waals surface area contributed by atoms with E-state index in [4.69, 9.17) is 11.6 Å². The number of aryl methyl sites for hydroxylation is 1. The van der Waals surface area contributed by atoms with Crippen molar-refractivity contribution < 1.29 is 4.79 Å². The smallest absolute Gasteiger partial charge is 0.253 e. The molecule has 0 aliphatic heterocycles. The molecule has 2 aromatic heterocycles. The van der Waals surface area contributed by atoms with Gasteiger partial charge in [-0.25, -0.2) is 0 Å². The first-order valence-electron chi connectivity index (χ1n) is 6.74. The fourth-order valence-corrected chi connectivity index (χ4v) is 3.03. The molecule has 0 atom stereocenters. The number of carbonyl (C=O) groups excluding carboxylic acids is 1. The van der Waals surface area contributed by atoms with Gasteiger partial charge < -0.3 is 5.32 Å². The predicted octanol–water partition coefficient (Wildman–Crippen LogP) is 3.73. The monoisotopic (exact) mass is 331 g/mol. The summed E-state index contributed by atoms with van der Waals surface area (Å²) in [5.74, 6) is -0.190. The Morgan fingerprint density at radius 2 is 2.14 bits per heavy atom. The lowest BCUT2D eigenvalue weighted by atomic mass is 10.2. The second kappa shape index (κ2) is 6.34. The van der Waals surface area contributed by atoms with Crippen molar-refractivity contribution in [2.24, 2.45) is 7.05 Å². The Bertz CT molecular complexity index is 796. The summed E-state index contributed by atoms with van der Waals surface area (Å²) in [7, 11) is 1.87. The molecule has 22 heavy (non-hydrogen) atoms. The lowest BCUT2D eigenvalue weighted by molar-refractivity contribution is 0.0950. The topological polar surface area (TPSA) is 46.9 Å². The van der Waals surface area contributed by atoms with Crippen molar-refractivity contribution in [1.29, 1.82) is 0 Å². The van der Waals surface area contributed by atoms with Crippen molar-refractivity contribution in [2.75, 3.05) is 0 Å². The Morgan fingerprint density at radius 3 is 2.86 bits per heavy atom. The number of nitrogens with one attached hydrogen (secondary N) is 1. The van der Waals surface area contributed by atoms with Gasteiger partial charge in [0.2, 0.25) is 0 Å². The number of aromatic nitrogens is 2. The molecule has 6 heteroatoms. The normalized spacial score (nSPS) is 10.6. The minimum Gasteiger partial charge on any atom is -0.346 e. The highest BCUT2D eigenvalue weighted by molar-refractivity contribution is 7.13. The van der Waals surface area contributed by atoms with Gasteiger partial charge in [0.15, 0.2) is 0 Å². The van der Waals surface area contributed by atoms with E-state index in [1.54, 1.807) is 40.3 Å². The zero-order valence-electron chi connectivity index (χ0n) is 11.9. The molecule has 0 saturated carbocycles. The maximum atomic E-state index is 12.2. The van der Waals surface area contributed by atoms with E-state index in [0.29, 0.717) is 17.1 Å². The summed E-state index contributed by atoms with van der Waals surface area (Å²) in [5, 5.41) is 9.81. The van der Waals surface area contributed by atoms with Gasteiger partial charge in [-0.2, -0.15) is 5.10 Å². The summed E-state index contributed by atoms with van der Waals surface area (Å²) >= 11 is 7.67. The van der Waals surface area contributed by atoms with Gasteiger partial charge in [0.05, 0.1) is 27.7 Å². The van der Waals surface area contributed by atoms with Crippen LogP contribution in [0.3, 0.4) is 0 Å². The molecule has 0 radical (unpaired) electrons. The van der Waals surface area contributed by atoms with Gasteiger partial charge in [-0.1, -0.05) is 29.8 Å². The molecule has 1 amide bonds. The van der Waals surface area contributed by atoms with Crippen LogP contribution in [0, 0.1) is 0 Å². The van der Waals surface area contributed by atoms with Crippen LogP contribution in [0.1, 0.15) is 16.1 Å². The van der Waals surface area contributed by atoms with E-state index < -0.39 is 0 Å². The number of carbonyl (C=O) groups is 1. The van der Waals surface area contributed by atoms with Gasteiger partial charge in [0.1, 0.15) is 5.69 Å². The van der Waals surface area contributed by atoms with Crippen molar-refractivity contribution >= 4 is 28.8 Å². The number of benzene rings is 1. The molecule has 0 aliphatic carbocycles. The number of halogens is 1. The van der Waals surface area contributed by atoms with Crippen LogP contribution in [0.15, 0.2) is 47.8 Å². The van der Waals surface area contributed by atoms with Crippen LogP contribution in [0.5, 0.6) is 0 Å². The number of rotatable bonds is 4. The average Bonchev–Trinajstić information content (AvgIpc) is 3.15. The Hall–Kier alpha value is -2.11. The molecular formula is C16H14ClN3OS. The highest BCUT2D eigenvalue weighted by Crippen LogP contribution is 2.23. The molecule has 112 valence electrons. The average molecular weight is 332 g/mol. The third-order valence-corrected chi connectivity index (χ3v) is 4.52. The van der Waals surface area contributed by atoms with E-state index in [-0.39, 0.29) is 5.91 Å². The Labute approximate surface area is 137 Å². The molecular weight excluding hydrogens is 318 g/mol. The first kappa shape index (κ1) is 14.8. The molecule has 1 N–H and O–H groups in total. The summed E-state index contributed by atoms with van der Waals surface area (Å²) in [6.45, 7) is 0.402. The second-order valence-electron chi connectivity index (χ2n) is 4.78. The molecule has 0 aliphatic rings. The minimum atomic E-state index is -0.190. The standard InChI is InChI=1S/C16H14ClN3OS/c1-20-11(9-14(19-20)15-7-4-8-22-15)10-18-16(21)12-5-2-3-6-13(12)17/h2-9H,10H2,1H3,(H,18,21). The van der Waals surface area contributed by atoms with Gasteiger partial charge in [-0.05, 0) is 29.6 Å². The van der Waals surface area contributed by atoms with Crippen molar-refractivity contribution in [3.63, 3.8) is 0 Å². The van der Waals surface area contributed by atoms with Crippen LogP contribution >= 0.6 is 22.9 Å². The Morgan fingerprint density at radius 1 is 1.32 bits per heavy atom. The van der Waals surface area contributed by atoms with Gasteiger partial charge in [0, 0.05) is 7.05 Å². The van der Waals surface area contributed by atoms with E-state index >= 15 is 0 Å². The molecule has 0 fully saturated rings. The fourth-order valence-electron chi connectivity index (χ4n) is 2.13. The number of hydrogen-bond donors (Lipinski definition) is 1. The van der Waals surface area contributed by atoms with Crippen LogP contribution in [0.4, 0.5) is 0 Å². The summed E-state index contributed by atoms with van der Waals surface area (Å²) in [6.07, 6.45) is 0. The SMILES string of the molecule is Cn1nc(-c2cccs2)cc1CNC(=O)c1ccccc1Cl.